The molecule has 0 bridgehead atoms. The molecule has 106 valence electrons. The van der Waals surface area contributed by atoms with Crippen molar-refractivity contribution in [1.29, 1.82) is 0 Å². The van der Waals surface area contributed by atoms with E-state index in [9.17, 15) is 8.42 Å². The highest BCUT2D eigenvalue weighted by Crippen LogP contribution is 2.42. The Morgan fingerprint density at radius 1 is 0.941 bits per heavy atom. The van der Waals surface area contributed by atoms with Crippen molar-refractivity contribution in [3.05, 3.63) is 0 Å². The lowest BCUT2D eigenvalue weighted by atomic mass is 10.9. The van der Waals surface area contributed by atoms with Crippen LogP contribution in [0.15, 0.2) is 0 Å². The molecule has 0 saturated carbocycles. The van der Waals surface area contributed by atoms with E-state index in [-0.39, 0.29) is 5.75 Å². The van der Waals surface area contributed by atoms with E-state index in [0.717, 1.165) is 0 Å². The highest BCUT2D eigenvalue weighted by Gasteiger charge is 2.50. The van der Waals surface area contributed by atoms with Gasteiger partial charge in [0.05, 0.1) is 5.75 Å². The smallest absolute Gasteiger partial charge is 0.366 e. The molecule has 17 heavy (non-hydrogen) atoms. The van der Waals surface area contributed by atoms with Crippen molar-refractivity contribution in [2.45, 2.75) is 27.7 Å². The molecular weight excluding hydrogens is 280 g/mol. The van der Waals surface area contributed by atoms with Gasteiger partial charge in [0.15, 0.2) is 8.87 Å². The summed E-state index contributed by atoms with van der Waals surface area (Å²) in [4.78, 5) is 0. The van der Waals surface area contributed by atoms with Gasteiger partial charge in [0, 0.05) is 19.8 Å². The molecule has 0 aliphatic carbocycles. The fourth-order valence-corrected chi connectivity index (χ4v) is 14.6. The van der Waals surface area contributed by atoms with Gasteiger partial charge in [-0.2, -0.15) is 0 Å². The van der Waals surface area contributed by atoms with E-state index in [0.29, 0.717) is 19.8 Å². The summed E-state index contributed by atoms with van der Waals surface area (Å²) in [6.07, 6.45) is 1.68. The summed E-state index contributed by atoms with van der Waals surface area (Å²) in [5.41, 5.74) is 0. The van der Waals surface area contributed by atoms with Crippen LogP contribution in [0.3, 0.4) is 0 Å². The van der Waals surface area contributed by atoms with Crippen molar-refractivity contribution in [2.75, 3.05) is 31.8 Å². The maximum atomic E-state index is 12.0. The van der Waals surface area contributed by atoms with E-state index in [4.69, 9.17) is 13.3 Å². The van der Waals surface area contributed by atoms with Crippen LogP contribution < -0.4 is 0 Å². The topological polar surface area (TPSA) is 61.8 Å². The van der Waals surface area contributed by atoms with Gasteiger partial charge in [0.2, 0.25) is 0 Å². The Morgan fingerprint density at radius 3 is 1.53 bits per heavy atom. The van der Waals surface area contributed by atoms with Crippen LogP contribution in [0.1, 0.15) is 27.7 Å². The summed E-state index contributed by atoms with van der Waals surface area (Å²) in [6, 6.07) is 0. The largest absolute Gasteiger partial charge is 0.567 e. The maximum Gasteiger partial charge on any atom is 0.567 e. The lowest BCUT2D eigenvalue weighted by molar-refractivity contribution is 0.0965. The lowest BCUT2D eigenvalue weighted by Crippen LogP contribution is -2.47. The average Bonchev–Trinajstić information content (AvgIpc) is 2.29. The van der Waals surface area contributed by atoms with Crippen LogP contribution in [-0.4, -0.2) is 48.2 Å². The number of hydrogen-bond acceptors (Lipinski definition) is 5. The SMILES string of the molecule is CCO[Si](OCC)(OCC)[SH](C)S(=O)(=O)CC. The van der Waals surface area contributed by atoms with Crippen molar-refractivity contribution >= 4 is 26.2 Å². The Labute approximate surface area is 108 Å². The quantitative estimate of drug-likeness (QED) is 0.397. The Kier molecular flexibility index (Phi) is 7.93. The van der Waals surface area contributed by atoms with E-state index in [1.807, 2.05) is 20.8 Å². The van der Waals surface area contributed by atoms with Gasteiger partial charge in [-0.1, -0.05) is 16.3 Å². The van der Waals surface area contributed by atoms with Crippen molar-refractivity contribution in [3.63, 3.8) is 0 Å². The van der Waals surface area contributed by atoms with Gasteiger partial charge in [-0.3, -0.25) is 0 Å². The predicted octanol–water partition coefficient (Wildman–Crippen LogP) is 1.51. The molecule has 0 aromatic rings. The lowest BCUT2D eigenvalue weighted by Gasteiger charge is -2.34. The third kappa shape index (κ3) is 4.53. The van der Waals surface area contributed by atoms with Crippen LogP contribution in [0.2, 0.25) is 0 Å². The molecule has 0 spiro atoms. The third-order valence-electron chi connectivity index (χ3n) is 2.15. The molecule has 0 radical (unpaired) electrons. The second-order valence-corrected chi connectivity index (χ2v) is 15.8. The summed E-state index contributed by atoms with van der Waals surface area (Å²) in [5, 5.41) is 0. The molecule has 1 unspecified atom stereocenters. The first-order valence-electron chi connectivity index (χ1n) is 5.78. The highest BCUT2D eigenvalue weighted by atomic mass is 33.2. The van der Waals surface area contributed by atoms with Crippen LogP contribution in [0.25, 0.3) is 0 Å². The monoisotopic (exact) mass is 304 g/mol. The van der Waals surface area contributed by atoms with Gasteiger partial charge in [0.25, 0.3) is 0 Å². The Hall–Kier alpha value is 0.397. The highest BCUT2D eigenvalue weighted by molar-refractivity contribution is 8.91. The molecule has 0 amide bonds. The third-order valence-corrected chi connectivity index (χ3v) is 17.7. The van der Waals surface area contributed by atoms with E-state index >= 15 is 0 Å². The van der Waals surface area contributed by atoms with Gasteiger partial charge in [-0.05, 0) is 27.0 Å². The van der Waals surface area contributed by atoms with E-state index in [1.165, 1.54) is 0 Å². The Bertz CT molecular complexity index is 289. The first kappa shape index (κ1) is 17.4. The Morgan fingerprint density at radius 2 is 1.29 bits per heavy atom. The Balaban J connectivity index is 5.24. The fourth-order valence-electron chi connectivity index (χ4n) is 1.31. The molecule has 0 heterocycles. The second kappa shape index (κ2) is 7.75. The minimum atomic E-state index is -3.17. The summed E-state index contributed by atoms with van der Waals surface area (Å²) in [7, 11) is -7.69. The summed E-state index contributed by atoms with van der Waals surface area (Å²) in [5.74, 6) is 0.0944. The standard InChI is InChI=1S/C9H24O5S2Si/c1-6-12-17(13-7-2,14-8-3)15(5)16(10,11)9-4/h15H,6-9H2,1-5H3. The zero-order chi connectivity index (χ0) is 13.5. The fraction of sp³-hybridized carbons (Fsp3) is 1.00. The van der Waals surface area contributed by atoms with Crippen molar-refractivity contribution < 1.29 is 21.7 Å². The molecule has 0 N–H and O–H groups in total. The first-order chi connectivity index (χ1) is 7.90. The van der Waals surface area contributed by atoms with Crippen molar-refractivity contribution in [1.82, 2.24) is 0 Å². The van der Waals surface area contributed by atoms with Crippen LogP contribution in [-0.2, 0) is 22.1 Å². The summed E-state index contributed by atoms with van der Waals surface area (Å²) < 4.78 is 40.8. The molecule has 8 heteroatoms. The molecule has 0 rings (SSSR count). The zero-order valence-electron chi connectivity index (χ0n) is 11.2. The van der Waals surface area contributed by atoms with E-state index in [2.05, 4.69) is 0 Å². The molecule has 0 saturated heterocycles. The van der Waals surface area contributed by atoms with Gasteiger partial charge < -0.3 is 13.3 Å². The minimum absolute atomic E-state index is 0.0944. The summed E-state index contributed by atoms with van der Waals surface area (Å²) >= 11 is 0. The molecule has 1 atom stereocenters. The van der Waals surface area contributed by atoms with Crippen LogP contribution in [0.4, 0.5) is 0 Å². The molecule has 0 fully saturated rings. The van der Waals surface area contributed by atoms with E-state index in [1.54, 1.807) is 13.2 Å². The molecule has 0 aliphatic heterocycles. The van der Waals surface area contributed by atoms with Crippen LogP contribution >= 0.6 is 9.38 Å². The minimum Gasteiger partial charge on any atom is -0.366 e. The molecule has 5 nitrogen and oxygen atoms in total. The van der Waals surface area contributed by atoms with Gasteiger partial charge in [0.1, 0.15) is 0 Å². The normalized spacial score (nSPS) is 15.9. The maximum absolute atomic E-state index is 12.0. The molecule has 0 aliphatic rings. The van der Waals surface area contributed by atoms with E-state index < -0.39 is 26.2 Å². The summed E-state index contributed by atoms with van der Waals surface area (Å²) in [6.45, 7) is 8.30. The predicted molar refractivity (Wildman–Crippen MR) is 75.0 cm³/mol. The van der Waals surface area contributed by atoms with Crippen LogP contribution in [0, 0.1) is 0 Å². The van der Waals surface area contributed by atoms with Gasteiger partial charge >= 0.3 is 7.95 Å². The van der Waals surface area contributed by atoms with Gasteiger partial charge in [-0.15, -0.1) is 0 Å². The molecular formula is C9H24O5S2Si. The van der Waals surface area contributed by atoms with Crippen molar-refractivity contribution in [2.24, 2.45) is 0 Å². The first-order valence-corrected chi connectivity index (χ1v) is 12.4. The molecule has 0 aromatic carbocycles. The van der Waals surface area contributed by atoms with Crippen molar-refractivity contribution in [3.8, 4) is 0 Å². The number of rotatable bonds is 9. The number of hydrogen-bond donors (Lipinski definition) is 1. The van der Waals surface area contributed by atoms with Gasteiger partial charge in [-0.25, -0.2) is 8.42 Å². The second-order valence-electron chi connectivity index (χ2n) is 3.19. The zero-order valence-corrected chi connectivity index (χ0v) is 13.9. The van der Waals surface area contributed by atoms with Crippen LogP contribution in [0.5, 0.6) is 0 Å². The average molecular weight is 305 g/mol. The number of thiol groups is 1. The molecule has 0 aromatic heterocycles.